The van der Waals surface area contributed by atoms with Gasteiger partial charge in [-0.25, -0.2) is 0 Å². The predicted octanol–water partition coefficient (Wildman–Crippen LogP) is 3.13. The normalized spacial score (nSPS) is 28.3. The van der Waals surface area contributed by atoms with Crippen LogP contribution >= 0.6 is 0 Å². The number of nitrogens with zero attached hydrogens (tertiary/aromatic N) is 1. The molecule has 1 aliphatic heterocycles. The molecule has 1 N–H and O–H groups in total. The van der Waals surface area contributed by atoms with Crippen LogP contribution in [-0.4, -0.2) is 24.5 Å². The number of carbonyl (C=O) groups is 1. The van der Waals surface area contributed by atoms with Gasteiger partial charge >= 0.3 is 0 Å². The Morgan fingerprint density at radius 2 is 1.90 bits per heavy atom. The molecule has 0 radical (unpaired) electrons. The minimum atomic E-state index is 0.179. The maximum Gasteiger partial charge on any atom is 0.239 e. The fraction of sp³-hybridized carbons (Fsp3) is 0.611. The van der Waals surface area contributed by atoms with Crippen molar-refractivity contribution in [2.45, 2.75) is 58.0 Å². The Morgan fingerprint density at radius 1 is 1.19 bits per heavy atom. The summed E-state index contributed by atoms with van der Waals surface area (Å²) in [5.74, 6) is 1.00. The Kier molecular flexibility index (Phi) is 4.18. The highest BCUT2D eigenvalue weighted by Crippen LogP contribution is 2.31. The van der Waals surface area contributed by atoms with Crippen LogP contribution in [0.4, 0.5) is 5.69 Å². The fourth-order valence-electron chi connectivity index (χ4n) is 3.70. The molecule has 0 aromatic heterocycles. The van der Waals surface area contributed by atoms with Gasteiger partial charge in [0.1, 0.15) is 0 Å². The maximum atomic E-state index is 12.4. The van der Waals surface area contributed by atoms with E-state index in [9.17, 15) is 4.79 Å². The molecule has 1 amide bonds. The number of amides is 1. The van der Waals surface area contributed by atoms with Crippen molar-refractivity contribution in [2.75, 3.05) is 11.4 Å². The molecule has 1 fully saturated rings. The summed E-state index contributed by atoms with van der Waals surface area (Å²) >= 11 is 0. The molecule has 1 aromatic rings. The van der Waals surface area contributed by atoms with Gasteiger partial charge in [-0.15, -0.1) is 0 Å². The van der Waals surface area contributed by atoms with E-state index in [0.29, 0.717) is 18.6 Å². The molecule has 1 atom stereocenters. The van der Waals surface area contributed by atoms with Crippen molar-refractivity contribution < 1.29 is 4.79 Å². The number of rotatable bonds is 3. The first-order chi connectivity index (χ1) is 10.1. The largest absolute Gasteiger partial charge is 0.359 e. The zero-order chi connectivity index (χ0) is 14.8. The van der Waals surface area contributed by atoms with Crippen molar-refractivity contribution in [2.24, 2.45) is 5.92 Å². The van der Waals surface area contributed by atoms with Gasteiger partial charge in [-0.05, 0) is 56.6 Å². The van der Waals surface area contributed by atoms with Crippen molar-refractivity contribution in [3.05, 3.63) is 29.8 Å². The predicted molar refractivity (Wildman–Crippen MR) is 86.5 cm³/mol. The average molecular weight is 286 g/mol. The molecule has 1 heterocycles. The van der Waals surface area contributed by atoms with E-state index in [2.05, 4.69) is 48.3 Å². The van der Waals surface area contributed by atoms with Gasteiger partial charge in [-0.2, -0.15) is 0 Å². The minimum Gasteiger partial charge on any atom is -0.359 e. The SMILES string of the molecule is CC1CCC(NC(=O)CN2c3ccccc3C[C@H]2C)CC1. The number of hydrogen-bond donors (Lipinski definition) is 1. The molecule has 114 valence electrons. The number of nitrogens with one attached hydrogen (secondary N) is 1. The lowest BCUT2D eigenvalue weighted by molar-refractivity contribution is -0.120. The van der Waals surface area contributed by atoms with Crippen LogP contribution in [0.1, 0.15) is 45.1 Å². The molecule has 1 aromatic carbocycles. The molecule has 0 unspecified atom stereocenters. The number of carbonyl (C=O) groups excluding carboxylic acids is 1. The molecule has 21 heavy (non-hydrogen) atoms. The molecule has 0 saturated heterocycles. The van der Waals surface area contributed by atoms with Gasteiger partial charge in [0.05, 0.1) is 6.54 Å². The Morgan fingerprint density at radius 3 is 2.67 bits per heavy atom. The third-order valence-corrected chi connectivity index (χ3v) is 5.04. The standard InChI is InChI=1S/C18H26N2O/c1-13-7-9-16(10-8-13)19-18(21)12-20-14(2)11-15-5-3-4-6-17(15)20/h3-6,13-14,16H,7-12H2,1-2H3,(H,19,21)/t13?,14-,16?/m1/s1. The van der Waals surface area contributed by atoms with Gasteiger partial charge in [-0.1, -0.05) is 25.1 Å². The van der Waals surface area contributed by atoms with E-state index in [1.54, 1.807) is 0 Å². The van der Waals surface area contributed by atoms with Crippen LogP contribution in [0.2, 0.25) is 0 Å². The van der Waals surface area contributed by atoms with Gasteiger partial charge in [-0.3, -0.25) is 4.79 Å². The Labute approximate surface area is 127 Å². The quantitative estimate of drug-likeness (QED) is 0.926. The lowest BCUT2D eigenvalue weighted by atomic mass is 9.87. The molecule has 3 nitrogen and oxygen atoms in total. The fourth-order valence-corrected chi connectivity index (χ4v) is 3.70. The first kappa shape index (κ1) is 14.4. The molecule has 3 rings (SSSR count). The Balaban J connectivity index is 1.58. The van der Waals surface area contributed by atoms with Crippen molar-refractivity contribution in [1.82, 2.24) is 5.32 Å². The van der Waals surface area contributed by atoms with Crippen molar-refractivity contribution in [3.8, 4) is 0 Å². The smallest absolute Gasteiger partial charge is 0.239 e. The van der Waals surface area contributed by atoms with E-state index in [0.717, 1.165) is 25.2 Å². The molecule has 0 bridgehead atoms. The van der Waals surface area contributed by atoms with Crippen molar-refractivity contribution in [1.29, 1.82) is 0 Å². The third-order valence-electron chi connectivity index (χ3n) is 5.04. The monoisotopic (exact) mass is 286 g/mol. The third kappa shape index (κ3) is 3.22. The zero-order valence-corrected chi connectivity index (χ0v) is 13.1. The zero-order valence-electron chi connectivity index (χ0n) is 13.1. The highest BCUT2D eigenvalue weighted by atomic mass is 16.2. The Hall–Kier alpha value is -1.51. The second kappa shape index (κ2) is 6.08. The van der Waals surface area contributed by atoms with E-state index in [4.69, 9.17) is 0 Å². The lowest BCUT2D eigenvalue weighted by Crippen LogP contribution is -2.44. The van der Waals surface area contributed by atoms with Gasteiger partial charge in [0.15, 0.2) is 0 Å². The summed E-state index contributed by atoms with van der Waals surface area (Å²) in [5, 5.41) is 3.24. The highest BCUT2D eigenvalue weighted by Gasteiger charge is 2.28. The molecule has 1 saturated carbocycles. The van der Waals surface area contributed by atoms with Crippen LogP contribution in [0.25, 0.3) is 0 Å². The summed E-state index contributed by atoms with van der Waals surface area (Å²) in [5.41, 5.74) is 2.60. The molecular formula is C18H26N2O. The molecule has 3 heteroatoms. The molecule has 0 spiro atoms. The molecule has 2 aliphatic rings. The topological polar surface area (TPSA) is 32.3 Å². The number of hydrogen-bond acceptors (Lipinski definition) is 2. The van der Waals surface area contributed by atoms with Crippen LogP contribution in [0, 0.1) is 5.92 Å². The van der Waals surface area contributed by atoms with Crippen LogP contribution in [0.15, 0.2) is 24.3 Å². The summed E-state index contributed by atoms with van der Waals surface area (Å²) in [6, 6.07) is 9.25. The average Bonchev–Trinajstić information content (AvgIpc) is 2.78. The maximum absolute atomic E-state index is 12.4. The second-order valence-electron chi connectivity index (χ2n) is 6.83. The second-order valence-corrected chi connectivity index (χ2v) is 6.83. The lowest BCUT2D eigenvalue weighted by Gasteiger charge is -2.29. The van der Waals surface area contributed by atoms with Gasteiger partial charge in [0.25, 0.3) is 0 Å². The Bertz CT molecular complexity index is 506. The van der Waals surface area contributed by atoms with E-state index < -0.39 is 0 Å². The number of fused-ring (bicyclic) bond motifs is 1. The van der Waals surface area contributed by atoms with Crippen LogP contribution in [0.3, 0.4) is 0 Å². The molecule has 1 aliphatic carbocycles. The van der Waals surface area contributed by atoms with Crippen LogP contribution in [0.5, 0.6) is 0 Å². The van der Waals surface area contributed by atoms with Gasteiger partial charge in [0, 0.05) is 17.8 Å². The summed E-state index contributed by atoms with van der Waals surface area (Å²) in [4.78, 5) is 14.6. The van der Waals surface area contributed by atoms with Crippen molar-refractivity contribution in [3.63, 3.8) is 0 Å². The first-order valence-corrected chi connectivity index (χ1v) is 8.27. The van der Waals surface area contributed by atoms with E-state index in [-0.39, 0.29) is 5.91 Å². The summed E-state index contributed by atoms with van der Waals surface area (Å²) in [6.07, 6.45) is 5.81. The number of benzene rings is 1. The summed E-state index contributed by atoms with van der Waals surface area (Å²) < 4.78 is 0. The minimum absolute atomic E-state index is 0.179. The highest BCUT2D eigenvalue weighted by molar-refractivity contribution is 5.82. The van der Waals surface area contributed by atoms with E-state index in [1.807, 2.05) is 0 Å². The van der Waals surface area contributed by atoms with Crippen LogP contribution in [-0.2, 0) is 11.2 Å². The number of para-hydroxylation sites is 1. The molecular weight excluding hydrogens is 260 g/mol. The first-order valence-electron chi connectivity index (χ1n) is 8.27. The van der Waals surface area contributed by atoms with Crippen molar-refractivity contribution >= 4 is 11.6 Å². The van der Waals surface area contributed by atoms with Crippen LogP contribution < -0.4 is 10.2 Å². The summed E-state index contributed by atoms with van der Waals surface area (Å²) in [6.45, 7) is 5.00. The summed E-state index contributed by atoms with van der Waals surface area (Å²) in [7, 11) is 0. The number of anilines is 1. The van der Waals surface area contributed by atoms with E-state index in [1.165, 1.54) is 24.1 Å². The van der Waals surface area contributed by atoms with Gasteiger partial charge in [0.2, 0.25) is 5.91 Å². The van der Waals surface area contributed by atoms with E-state index >= 15 is 0 Å². The van der Waals surface area contributed by atoms with Gasteiger partial charge < -0.3 is 10.2 Å².